The van der Waals surface area contributed by atoms with Crippen LogP contribution in [0.25, 0.3) is 0 Å². The smallest absolute Gasteiger partial charge is 0.338 e. The van der Waals surface area contributed by atoms with E-state index < -0.39 is 5.97 Å². The van der Waals surface area contributed by atoms with E-state index in [4.69, 9.17) is 37.4 Å². The van der Waals surface area contributed by atoms with Gasteiger partial charge in [-0.15, -0.1) is 0 Å². The number of ether oxygens (including phenoxy) is 3. The first-order valence-electron chi connectivity index (χ1n) is 8.67. The second-order valence-corrected chi connectivity index (χ2v) is 7.15. The molecule has 1 fully saturated rings. The van der Waals surface area contributed by atoms with Gasteiger partial charge in [0.15, 0.2) is 18.1 Å². The van der Waals surface area contributed by atoms with E-state index in [0.29, 0.717) is 21.5 Å². The van der Waals surface area contributed by atoms with E-state index in [2.05, 4.69) is 5.32 Å². The molecule has 8 heteroatoms. The highest BCUT2D eigenvalue weighted by molar-refractivity contribution is 6.35. The molecule has 0 unspecified atom stereocenters. The molecule has 1 saturated carbocycles. The molecule has 3 rings (SSSR count). The zero-order chi connectivity index (χ0) is 20.1. The average Bonchev–Trinajstić information content (AvgIpc) is 3.49. The van der Waals surface area contributed by atoms with Gasteiger partial charge in [-0.3, -0.25) is 4.79 Å². The van der Waals surface area contributed by atoms with Crippen molar-refractivity contribution in [2.45, 2.75) is 25.5 Å². The van der Waals surface area contributed by atoms with E-state index >= 15 is 0 Å². The normalized spacial score (nSPS) is 13.0. The Bertz CT molecular complexity index is 883. The molecule has 0 aromatic heterocycles. The quantitative estimate of drug-likeness (QED) is 0.649. The summed E-state index contributed by atoms with van der Waals surface area (Å²) in [7, 11) is 1.47. The molecule has 28 heavy (non-hydrogen) atoms. The SMILES string of the molecule is COc1cc(C(=O)OCC(=O)NC2CC2)ccc1OCc1ccc(Cl)cc1Cl. The number of methoxy groups -OCH3 is 1. The van der Waals surface area contributed by atoms with Crippen molar-refractivity contribution in [2.24, 2.45) is 0 Å². The predicted octanol–water partition coefficient (Wildman–Crippen LogP) is 4.02. The minimum atomic E-state index is -0.614. The van der Waals surface area contributed by atoms with Crippen LogP contribution in [0.2, 0.25) is 10.0 Å². The van der Waals surface area contributed by atoms with Gasteiger partial charge in [-0.1, -0.05) is 29.3 Å². The van der Waals surface area contributed by atoms with E-state index in [1.807, 2.05) is 0 Å². The van der Waals surface area contributed by atoms with Gasteiger partial charge in [0, 0.05) is 21.7 Å². The molecule has 6 nitrogen and oxygen atoms in total. The largest absolute Gasteiger partial charge is 0.493 e. The summed E-state index contributed by atoms with van der Waals surface area (Å²) >= 11 is 12.0. The van der Waals surface area contributed by atoms with Gasteiger partial charge < -0.3 is 19.5 Å². The molecule has 0 saturated heterocycles. The Kier molecular flexibility index (Phi) is 6.65. The van der Waals surface area contributed by atoms with Crippen molar-refractivity contribution >= 4 is 35.1 Å². The van der Waals surface area contributed by atoms with Crippen LogP contribution in [0.15, 0.2) is 36.4 Å². The van der Waals surface area contributed by atoms with E-state index in [1.165, 1.54) is 13.2 Å². The molecule has 148 valence electrons. The zero-order valence-electron chi connectivity index (χ0n) is 15.2. The third-order valence-corrected chi connectivity index (χ3v) is 4.66. The Morgan fingerprint density at radius 3 is 2.57 bits per heavy atom. The summed E-state index contributed by atoms with van der Waals surface area (Å²) < 4.78 is 16.1. The van der Waals surface area contributed by atoms with Crippen LogP contribution in [0.3, 0.4) is 0 Å². The Labute approximate surface area is 172 Å². The average molecular weight is 424 g/mol. The summed E-state index contributed by atoms with van der Waals surface area (Å²) in [6.45, 7) is -0.109. The highest BCUT2D eigenvalue weighted by Crippen LogP contribution is 2.30. The van der Waals surface area contributed by atoms with Gasteiger partial charge >= 0.3 is 5.97 Å². The number of carbonyl (C=O) groups is 2. The second-order valence-electron chi connectivity index (χ2n) is 6.31. The van der Waals surface area contributed by atoms with Crippen molar-refractivity contribution in [3.63, 3.8) is 0 Å². The summed E-state index contributed by atoms with van der Waals surface area (Å²) in [6, 6.07) is 10.00. The first-order chi connectivity index (χ1) is 13.5. The van der Waals surface area contributed by atoms with Gasteiger partial charge in [-0.05, 0) is 43.2 Å². The fourth-order valence-corrected chi connectivity index (χ4v) is 2.88. The summed E-state index contributed by atoms with van der Waals surface area (Å²) in [6.07, 6.45) is 1.94. The Morgan fingerprint density at radius 1 is 1.11 bits per heavy atom. The van der Waals surface area contributed by atoms with Gasteiger partial charge in [0.25, 0.3) is 5.91 Å². The van der Waals surface area contributed by atoms with E-state index in [0.717, 1.165) is 18.4 Å². The summed E-state index contributed by atoms with van der Waals surface area (Å²) in [5.74, 6) is -0.113. The molecule has 1 aliphatic carbocycles. The van der Waals surface area contributed by atoms with Crippen LogP contribution in [0.4, 0.5) is 0 Å². The van der Waals surface area contributed by atoms with Crippen molar-refractivity contribution in [1.82, 2.24) is 5.32 Å². The van der Waals surface area contributed by atoms with Gasteiger partial charge in [0.05, 0.1) is 12.7 Å². The first kappa shape index (κ1) is 20.3. The van der Waals surface area contributed by atoms with Crippen LogP contribution >= 0.6 is 23.2 Å². The maximum Gasteiger partial charge on any atom is 0.338 e. The summed E-state index contributed by atoms with van der Waals surface area (Å²) in [5.41, 5.74) is 1.02. The Morgan fingerprint density at radius 2 is 1.89 bits per heavy atom. The highest BCUT2D eigenvalue weighted by atomic mass is 35.5. The van der Waals surface area contributed by atoms with Crippen LogP contribution in [0.5, 0.6) is 11.5 Å². The molecule has 0 aliphatic heterocycles. The van der Waals surface area contributed by atoms with E-state index in [-0.39, 0.29) is 30.7 Å². The molecule has 0 heterocycles. The second kappa shape index (κ2) is 9.17. The van der Waals surface area contributed by atoms with Crippen LogP contribution < -0.4 is 14.8 Å². The molecule has 2 aromatic carbocycles. The molecular formula is C20H19Cl2NO5. The van der Waals surface area contributed by atoms with Crippen molar-refractivity contribution in [3.8, 4) is 11.5 Å². The number of esters is 1. The third-order valence-electron chi connectivity index (χ3n) is 4.07. The molecule has 0 atom stereocenters. The minimum absolute atomic E-state index is 0.206. The lowest BCUT2D eigenvalue weighted by molar-refractivity contribution is -0.124. The number of amides is 1. The lowest BCUT2D eigenvalue weighted by Crippen LogP contribution is -2.30. The van der Waals surface area contributed by atoms with E-state index in [9.17, 15) is 9.59 Å². The fourth-order valence-electron chi connectivity index (χ4n) is 2.42. The molecule has 0 bridgehead atoms. The van der Waals surface area contributed by atoms with Crippen LogP contribution in [0.1, 0.15) is 28.8 Å². The molecule has 1 aliphatic rings. The summed E-state index contributed by atoms with van der Waals surface area (Å²) in [4.78, 5) is 23.8. The topological polar surface area (TPSA) is 73.9 Å². The van der Waals surface area contributed by atoms with Crippen LogP contribution in [-0.2, 0) is 16.1 Å². The van der Waals surface area contributed by atoms with Crippen LogP contribution in [0, 0.1) is 0 Å². The lowest BCUT2D eigenvalue weighted by Gasteiger charge is -2.13. The Balaban J connectivity index is 1.60. The number of hydrogen-bond donors (Lipinski definition) is 1. The fraction of sp³-hybridized carbons (Fsp3) is 0.300. The monoisotopic (exact) mass is 423 g/mol. The highest BCUT2D eigenvalue weighted by Gasteiger charge is 2.23. The molecule has 1 N–H and O–H groups in total. The summed E-state index contributed by atoms with van der Waals surface area (Å²) in [5, 5.41) is 3.79. The molecule has 0 spiro atoms. The van der Waals surface area contributed by atoms with Gasteiger partial charge in [0.2, 0.25) is 0 Å². The number of rotatable bonds is 8. The van der Waals surface area contributed by atoms with Crippen molar-refractivity contribution in [2.75, 3.05) is 13.7 Å². The van der Waals surface area contributed by atoms with Gasteiger partial charge in [-0.2, -0.15) is 0 Å². The predicted molar refractivity (Wildman–Crippen MR) is 105 cm³/mol. The molecule has 1 amide bonds. The number of carbonyl (C=O) groups excluding carboxylic acids is 2. The number of nitrogens with one attached hydrogen (secondary N) is 1. The van der Waals surface area contributed by atoms with Gasteiger partial charge in [0.1, 0.15) is 6.61 Å². The first-order valence-corrected chi connectivity index (χ1v) is 9.43. The standard InChI is InChI=1S/C20H19Cl2NO5/c1-26-18-8-12(20(25)28-11-19(24)23-15-5-6-15)3-7-17(18)27-10-13-2-4-14(21)9-16(13)22/h2-4,7-9,15H,5-6,10-11H2,1H3,(H,23,24). The van der Waals surface area contributed by atoms with Crippen molar-refractivity contribution in [1.29, 1.82) is 0 Å². The number of halogens is 2. The van der Waals surface area contributed by atoms with Crippen LogP contribution in [-0.4, -0.2) is 31.6 Å². The third kappa shape index (κ3) is 5.53. The maximum absolute atomic E-state index is 12.2. The number of benzene rings is 2. The zero-order valence-corrected chi connectivity index (χ0v) is 16.7. The van der Waals surface area contributed by atoms with Crippen molar-refractivity contribution < 1.29 is 23.8 Å². The van der Waals surface area contributed by atoms with Crippen molar-refractivity contribution in [3.05, 3.63) is 57.6 Å². The molecule has 2 aromatic rings. The van der Waals surface area contributed by atoms with Gasteiger partial charge in [-0.25, -0.2) is 4.79 Å². The lowest BCUT2D eigenvalue weighted by atomic mass is 10.2. The maximum atomic E-state index is 12.2. The number of hydrogen-bond acceptors (Lipinski definition) is 5. The Hall–Kier alpha value is -2.44. The molecular weight excluding hydrogens is 405 g/mol. The van der Waals surface area contributed by atoms with E-state index in [1.54, 1.807) is 30.3 Å². The molecule has 0 radical (unpaired) electrons. The minimum Gasteiger partial charge on any atom is -0.493 e.